The minimum absolute atomic E-state index is 0.0212. The Morgan fingerprint density at radius 1 is 1.05 bits per heavy atom. The Morgan fingerprint density at radius 2 is 1.74 bits per heavy atom. The monoisotopic (exact) mass is 595 g/mol. The molecule has 200 valence electrons. The molecule has 0 saturated heterocycles. The molecule has 0 bridgehead atoms. The van der Waals surface area contributed by atoms with Crippen molar-refractivity contribution in [2.24, 2.45) is 0 Å². The third-order valence-corrected chi connectivity index (χ3v) is 8.56. The van der Waals surface area contributed by atoms with Gasteiger partial charge in [-0.2, -0.15) is 0 Å². The number of anilines is 1. The molecule has 38 heavy (non-hydrogen) atoms. The third kappa shape index (κ3) is 6.07. The molecule has 0 N–H and O–H groups in total. The molecule has 0 radical (unpaired) electrons. The van der Waals surface area contributed by atoms with Crippen LogP contribution in [0.25, 0.3) is 0 Å². The molecule has 0 aliphatic carbocycles. The molecule has 2 aromatic carbocycles. The maximum Gasteiger partial charge on any atom is 0.265 e. The van der Waals surface area contributed by atoms with E-state index in [1.54, 1.807) is 56.6 Å². The largest absolute Gasteiger partial charge is 0.485 e. The molecular formula is C26H24Cl3N3O5S. The Balaban J connectivity index is 1.70. The van der Waals surface area contributed by atoms with Crippen LogP contribution in [0.1, 0.15) is 28.9 Å². The van der Waals surface area contributed by atoms with E-state index in [0.717, 1.165) is 4.31 Å². The maximum absolute atomic E-state index is 13.7. The summed E-state index contributed by atoms with van der Waals surface area (Å²) in [4.78, 5) is 31.1. The van der Waals surface area contributed by atoms with Crippen molar-refractivity contribution in [1.29, 1.82) is 0 Å². The van der Waals surface area contributed by atoms with Gasteiger partial charge in [-0.3, -0.25) is 9.59 Å². The molecule has 3 aromatic rings. The first kappa shape index (κ1) is 28.2. The molecule has 1 amide bonds. The first-order chi connectivity index (χ1) is 18.0. The Bertz CT molecular complexity index is 1480. The van der Waals surface area contributed by atoms with Crippen molar-refractivity contribution in [1.82, 2.24) is 9.88 Å². The van der Waals surface area contributed by atoms with Crippen molar-refractivity contribution in [3.8, 4) is 5.75 Å². The summed E-state index contributed by atoms with van der Waals surface area (Å²) in [7, 11) is -0.811. The van der Waals surface area contributed by atoms with Crippen molar-refractivity contribution in [3.63, 3.8) is 0 Å². The van der Waals surface area contributed by atoms with Crippen LogP contribution in [0.5, 0.6) is 5.75 Å². The summed E-state index contributed by atoms with van der Waals surface area (Å²) >= 11 is 18.4. The number of ketones is 1. The minimum atomic E-state index is -4.11. The summed E-state index contributed by atoms with van der Waals surface area (Å²) in [5.74, 6) is -0.213. The van der Waals surface area contributed by atoms with E-state index >= 15 is 0 Å². The van der Waals surface area contributed by atoms with Gasteiger partial charge in [-0.25, -0.2) is 17.7 Å². The van der Waals surface area contributed by atoms with E-state index in [2.05, 4.69) is 4.98 Å². The average Bonchev–Trinajstić information content (AvgIpc) is 2.86. The molecule has 8 nitrogen and oxygen atoms in total. The van der Waals surface area contributed by atoms with Crippen LogP contribution in [-0.4, -0.2) is 56.7 Å². The number of carbonyl (C=O) groups is 2. The van der Waals surface area contributed by atoms with Gasteiger partial charge in [0.2, 0.25) is 5.91 Å². The van der Waals surface area contributed by atoms with Crippen LogP contribution in [0.15, 0.2) is 59.5 Å². The normalized spacial score (nSPS) is 15.0. The SMILES string of the molecule is CN(C)C(=O)CC[C@H]1CN(S(=O)(=O)c2cccc(Cl)c2)c2nc(CC(=O)c3c(Cl)cccc3Cl)ccc2O1. The fourth-order valence-electron chi connectivity index (χ4n) is 3.97. The van der Waals surface area contributed by atoms with Crippen molar-refractivity contribution in [2.75, 3.05) is 24.9 Å². The van der Waals surface area contributed by atoms with Gasteiger partial charge in [-0.1, -0.05) is 46.9 Å². The lowest BCUT2D eigenvalue weighted by Gasteiger charge is -2.35. The Morgan fingerprint density at radius 3 is 2.39 bits per heavy atom. The van der Waals surface area contributed by atoms with Gasteiger partial charge in [0.15, 0.2) is 17.4 Å². The number of sulfonamides is 1. The number of aromatic nitrogens is 1. The van der Waals surface area contributed by atoms with E-state index in [-0.39, 0.29) is 68.2 Å². The van der Waals surface area contributed by atoms with E-state index < -0.39 is 16.1 Å². The molecule has 1 aliphatic rings. The smallest absolute Gasteiger partial charge is 0.265 e. The van der Waals surface area contributed by atoms with Crippen LogP contribution in [0.4, 0.5) is 5.82 Å². The molecule has 0 fully saturated rings. The number of nitrogens with zero attached hydrogens (tertiary/aromatic N) is 3. The number of Topliss-reactive ketones (excluding diaryl/α,β-unsaturated/α-hetero) is 1. The fraction of sp³-hybridized carbons (Fsp3) is 0.269. The number of pyridine rings is 1. The van der Waals surface area contributed by atoms with Crippen molar-refractivity contribution in [2.45, 2.75) is 30.3 Å². The van der Waals surface area contributed by atoms with Crippen molar-refractivity contribution >= 4 is 62.3 Å². The standard InChI is InChI=1S/C26H24Cl3N3O5S/c1-31(2)24(34)12-10-18-15-32(38(35,36)19-6-3-5-16(27)13-19)26-23(37-18)11-9-17(30-26)14-22(33)25-20(28)7-4-8-21(25)29/h3-9,11,13,18H,10,12,14-15H2,1-2H3/t18-/m0/s1. The van der Waals surface area contributed by atoms with Gasteiger partial charge < -0.3 is 9.64 Å². The Kier molecular flexibility index (Phi) is 8.52. The summed E-state index contributed by atoms with van der Waals surface area (Å²) in [5.41, 5.74) is 0.474. The summed E-state index contributed by atoms with van der Waals surface area (Å²) < 4.78 is 34.6. The van der Waals surface area contributed by atoms with Gasteiger partial charge in [-0.15, -0.1) is 0 Å². The number of benzene rings is 2. The number of halogens is 3. The first-order valence-corrected chi connectivity index (χ1v) is 14.2. The molecule has 2 heterocycles. The highest BCUT2D eigenvalue weighted by atomic mass is 35.5. The minimum Gasteiger partial charge on any atom is -0.485 e. The highest BCUT2D eigenvalue weighted by Crippen LogP contribution is 2.37. The number of ether oxygens (including phenoxy) is 1. The number of hydrogen-bond acceptors (Lipinski definition) is 6. The number of carbonyl (C=O) groups excluding carboxylic acids is 2. The van der Waals surface area contributed by atoms with Crippen LogP contribution in [-0.2, 0) is 21.2 Å². The van der Waals surface area contributed by atoms with Crippen molar-refractivity contribution < 1.29 is 22.7 Å². The molecule has 1 aliphatic heterocycles. The first-order valence-electron chi connectivity index (χ1n) is 11.6. The summed E-state index contributed by atoms with van der Waals surface area (Å²) in [6, 6.07) is 13.8. The van der Waals surface area contributed by atoms with E-state index in [9.17, 15) is 18.0 Å². The number of hydrogen-bond donors (Lipinski definition) is 0. The van der Waals surface area contributed by atoms with Crippen molar-refractivity contribution in [3.05, 3.63) is 80.9 Å². The van der Waals surface area contributed by atoms with Gasteiger partial charge in [0.1, 0.15) is 6.10 Å². The second-order valence-electron chi connectivity index (χ2n) is 8.88. The highest BCUT2D eigenvalue weighted by Gasteiger charge is 2.36. The average molecular weight is 597 g/mol. The highest BCUT2D eigenvalue weighted by molar-refractivity contribution is 7.92. The van der Waals surface area contributed by atoms with Gasteiger partial charge in [0, 0.05) is 25.5 Å². The van der Waals surface area contributed by atoms with Crippen LogP contribution >= 0.6 is 34.8 Å². The summed E-state index contributed by atoms with van der Waals surface area (Å²) in [6.07, 6.45) is -0.292. The number of amides is 1. The lowest BCUT2D eigenvalue weighted by atomic mass is 10.1. The van der Waals surface area contributed by atoms with E-state index in [1.165, 1.54) is 17.0 Å². The van der Waals surface area contributed by atoms with E-state index in [0.29, 0.717) is 12.1 Å². The zero-order valence-electron chi connectivity index (χ0n) is 20.5. The van der Waals surface area contributed by atoms with E-state index in [4.69, 9.17) is 39.5 Å². The molecule has 1 atom stereocenters. The van der Waals surface area contributed by atoms with Crippen LogP contribution < -0.4 is 9.04 Å². The van der Waals surface area contributed by atoms with Gasteiger partial charge in [0.05, 0.1) is 39.2 Å². The molecule has 0 saturated carbocycles. The molecular weight excluding hydrogens is 573 g/mol. The van der Waals surface area contributed by atoms with Gasteiger partial charge in [0.25, 0.3) is 10.0 Å². The van der Waals surface area contributed by atoms with Crippen LogP contribution in [0.3, 0.4) is 0 Å². The quantitative estimate of drug-likeness (QED) is 0.328. The Labute approximate surface area is 236 Å². The van der Waals surface area contributed by atoms with Gasteiger partial charge >= 0.3 is 0 Å². The maximum atomic E-state index is 13.7. The fourth-order valence-corrected chi connectivity index (χ4v) is 6.34. The summed E-state index contributed by atoms with van der Waals surface area (Å²) in [6.45, 7) is -0.0801. The third-order valence-electron chi connectivity index (χ3n) is 5.94. The zero-order chi connectivity index (χ0) is 27.6. The summed E-state index contributed by atoms with van der Waals surface area (Å²) in [5, 5.41) is 0.685. The van der Waals surface area contributed by atoms with E-state index in [1.807, 2.05) is 0 Å². The molecule has 12 heteroatoms. The second kappa shape index (κ2) is 11.5. The lowest BCUT2D eigenvalue weighted by Crippen LogP contribution is -2.44. The predicted molar refractivity (Wildman–Crippen MR) is 147 cm³/mol. The predicted octanol–water partition coefficient (Wildman–Crippen LogP) is 5.29. The molecule has 4 rings (SSSR count). The number of fused-ring (bicyclic) bond motifs is 1. The molecule has 0 unspecified atom stereocenters. The lowest BCUT2D eigenvalue weighted by molar-refractivity contribution is -0.129. The van der Waals surface area contributed by atoms with Crippen LogP contribution in [0.2, 0.25) is 15.1 Å². The number of rotatable bonds is 8. The molecule has 1 aromatic heterocycles. The van der Waals surface area contributed by atoms with Crippen LogP contribution in [0, 0.1) is 0 Å². The topological polar surface area (TPSA) is 96.9 Å². The zero-order valence-corrected chi connectivity index (χ0v) is 23.6. The van der Waals surface area contributed by atoms with Gasteiger partial charge in [-0.05, 0) is 48.9 Å². The Hall–Kier alpha value is -2.85. The molecule has 0 spiro atoms. The second-order valence-corrected chi connectivity index (χ2v) is 12.0.